The minimum Gasteiger partial charge on any atom is -0.480 e. The molecule has 0 saturated carbocycles. The van der Waals surface area contributed by atoms with Gasteiger partial charge in [-0.1, -0.05) is 0 Å². The number of carbonyl (C=O) groups excluding carboxylic acids is 1. The highest BCUT2D eigenvalue weighted by atomic mass is 32.2. The number of guanidine groups is 1. The maximum Gasteiger partial charge on any atom is 0.320 e. The van der Waals surface area contributed by atoms with Crippen molar-refractivity contribution in [2.45, 2.75) is 25.3 Å². The van der Waals surface area contributed by atoms with Gasteiger partial charge in [-0.25, -0.2) is 13.6 Å². The van der Waals surface area contributed by atoms with Gasteiger partial charge in [0.15, 0.2) is 5.96 Å². The van der Waals surface area contributed by atoms with Crippen LogP contribution >= 0.6 is 0 Å². The standard InChI is InChI=1S/C11H21N5O5S/c12-8(10(18)19)2-1-3-15-11(13)16-5-7(4-9(16)17)6-22(14,20)21/h7-8H,1-6,12H2,(H2,13,15)(H,18,19)(H2,14,20,21)/t7?,8-/m0/s1. The van der Waals surface area contributed by atoms with Crippen molar-refractivity contribution in [3.05, 3.63) is 0 Å². The second-order valence-electron chi connectivity index (χ2n) is 5.23. The van der Waals surface area contributed by atoms with Gasteiger partial charge in [0.25, 0.3) is 0 Å². The molecule has 0 radical (unpaired) electrons. The number of carboxylic acid groups (broad SMARTS) is 1. The van der Waals surface area contributed by atoms with E-state index in [1.54, 1.807) is 0 Å². The van der Waals surface area contributed by atoms with Gasteiger partial charge in [-0.05, 0) is 12.8 Å². The third-order valence-corrected chi connectivity index (χ3v) is 4.15. The third kappa shape index (κ3) is 5.95. The average Bonchev–Trinajstić information content (AvgIpc) is 2.72. The molecule has 1 rings (SSSR count). The fourth-order valence-electron chi connectivity index (χ4n) is 2.16. The van der Waals surface area contributed by atoms with E-state index in [0.717, 1.165) is 0 Å². The van der Waals surface area contributed by atoms with E-state index in [2.05, 4.69) is 4.99 Å². The molecule has 10 nitrogen and oxygen atoms in total. The van der Waals surface area contributed by atoms with E-state index in [1.165, 1.54) is 4.90 Å². The number of nitrogens with two attached hydrogens (primary N) is 3. The molecule has 22 heavy (non-hydrogen) atoms. The van der Waals surface area contributed by atoms with Crippen molar-refractivity contribution in [3.63, 3.8) is 0 Å². The Balaban J connectivity index is 2.48. The van der Waals surface area contributed by atoms with Gasteiger partial charge < -0.3 is 16.6 Å². The Bertz CT molecular complexity index is 561. The predicted octanol–water partition coefficient (Wildman–Crippen LogP) is -2.37. The summed E-state index contributed by atoms with van der Waals surface area (Å²) in [6.45, 7) is 0.385. The molecule has 7 N–H and O–H groups in total. The molecular weight excluding hydrogens is 314 g/mol. The van der Waals surface area contributed by atoms with Gasteiger partial charge in [-0.3, -0.25) is 19.5 Å². The molecule has 1 aliphatic heterocycles. The van der Waals surface area contributed by atoms with Gasteiger partial charge in [0.05, 0.1) is 5.75 Å². The molecule has 2 atom stereocenters. The summed E-state index contributed by atoms with van der Waals surface area (Å²) in [5.41, 5.74) is 11.0. The molecule has 0 aromatic heterocycles. The lowest BCUT2D eigenvalue weighted by Gasteiger charge is -2.15. The maximum atomic E-state index is 11.8. The largest absolute Gasteiger partial charge is 0.480 e. The van der Waals surface area contributed by atoms with Crippen molar-refractivity contribution in [1.82, 2.24) is 4.90 Å². The third-order valence-electron chi connectivity index (χ3n) is 3.21. The Morgan fingerprint density at radius 3 is 2.68 bits per heavy atom. The van der Waals surface area contributed by atoms with Crippen LogP contribution in [0.3, 0.4) is 0 Å². The van der Waals surface area contributed by atoms with E-state index in [1.807, 2.05) is 0 Å². The number of likely N-dealkylation sites (tertiary alicyclic amines) is 1. The zero-order chi connectivity index (χ0) is 16.9. The number of hydrogen-bond acceptors (Lipinski definition) is 6. The highest BCUT2D eigenvalue weighted by Gasteiger charge is 2.33. The molecule has 11 heteroatoms. The lowest BCUT2D eigenvalue weighted by molar-refractivity contribution is -0.138. The molecule has 0 bridgehead atoms. The number of primary sulfonamides is 1. The molecule has 1 unspecified atom stereocenters. The summed E-state index contributed by atoms with van der Waals surface area (Å²) in [7, 11) is -3.65. The van der Waals surface area contributed by atoms with Crippen LogP contribution in [0.15, 0.2) is 4.99 Å². The Hall–Kier alpha value is -1.72. The van der Waals surface area contributed by atoms with Crippen molar-refractivity contribution in [2.24, 2.45) is 27.5 Å². The summed E-state index contributed by atoms with van der Waals surface area (Å²) in [5.74, 6) is -2.09. The number of nitrogens with zero attached hydrogens (tertiary/aromatic N) is 2. The van der Waals surface area contributed by atoms with Gasteiger partial charge in [-0.2, -0.15) is 0 Å². The van der Waals surface area contributed by atoms with Crippen LogP contribution in [0.25, 0.3) is 0 Å². The zero-order valence-electron chi connectivity index (χ0n) is 12.0. The topological polar surface area (TPSA) is 182 Å². The quantitative estimate of drug-likeness (QED) is 0.228. The van der Waals surface area contributed by atoms with Crippen LogP contribution in [-0.4, -0.2) is 61.1 Å². The molecular formula is C11H21N5O5S. The van der Waals surface area contributed by atoms with E-state index in [4.69, 9.17) is 21.7 Å². The van der Waals surface area contributed by atoms with Crippen LogP contribution in [0, 0.1) is 5.92 Å². The van der Waals surface area contributed by atoms with E-state index in [9.17, 15) is 18.0 Å². The fraction of sp³-hybridized carbons (Fsp3) is 0.727. The summed E-state index contributed by atoms with van der Waals surface area (Å²) < 4.78 is 22.1. The number of rotatable bonds is 7. The predicted molar refractivity (Wildman–Crippen MR) is 79.1 cm³/mol. The maximum absolute atomic E-state index is 11.8. The number of hydrogen-bond donors (Lipinski definition) is 4. The lowest BCUT2D eigenvalue weighted by Crippen LogP contribution is -2.39. The first-order valence-electron chi connectivity index (χ1n) is 6.69. The van der Waals surface area contributed by atoms with Gasteiger partial charge in [0, 0.05) is 25.4 Å². The average molecular weight is 335 g/mol. The Morgan fingerprint density at radius 1 is 1.50 bits per heavy atom. The molecule has 1 amide bonds. The van der Waals surface area contributed by atoms with Gasteiger partial charge in [0.2, 0.25) is 15.9 Å². The Morgan fingerprint density at radius 2 is 2.14 bits per heavy atom. The highest BCUT2D eigenvalue weighted by Crippen LogP contribution is 2.18. The van der Waals surface area contributed by atoms with E-state index in [0.29, 0.717) is 6.42 Å². The number of carbonyl (C=O) groups is 2. The van der Waals surface area contributed by atoms with Gasteiger partial charge in [0.1, 0.15) is 6.04 Å². The van der Waals surface area contributed by atoms with Gasteiger partial charge in [-0.15, -0.1) is 0 Å². The first kappa shape index (κ1) is 18.3. The van der Waals surface area contributed by atoms with Crippen molar-refractivity contribution >= 4 is 27.9 Å². The van der Waals surface area contributed by atoms with Gasteiger partial charge >= 0.3 is 5.97 Å². The number of sulfonamides is 1. The lowest BCUT2D eigenvalue weighted by atomic mass is 10.1. The highest BCUT2D eigenvalue weighted by molar-refractivity contribution is 7.89. The molecule has 0 aromatic rings. The zero-order valence-corrected chi connectivity index (χ0v) is 12.8. The van der Waals surface area contributed by atoms with Crippen LogP contribution in [0.4, 0.5) is 0 Å². The Kier molecular flexibility index (Phi) is 6.26. The van der Waals surface area contributed by atoms with E-state index >= 15 is 0 Å². The van der Waals surface area contributed by atoms with E-state index in [-0.39, 0.29) is 43.6 Å². The fourth-order valence-corrected chi connectivity index (χ4v) is 3.04. The second-order valence-corrected chi connectivity index (χ2v) is 6.89. The second kappa shape index (κ2) is 7.51. The minimum atomic E-state index is -3.65. The van der Waals surface area contributed by atoms with Crippen LogP contribution in [0.5, 0.6) is 0 Å². The first-order valence-corrected chi connectivity index (χ1v) is 8.41. The van der Waals surface area contributed by atoms with Crippen LogP contribution in [-0.2, 0) is 19.6 Å². The van der Waals surface area contributed by atoms with Crippen molar-refractivity contribution < 1.29 is 23.1 Å². The minimum absolute atomic E-state index is 0.00850. The van der Waals surface area contributed by atoms with Crippen LogP contribution < -0.4 is 16.6 Å². The van der Waals surface area contributed by atoms with Crippen LogP contribution in [0.1, 0.15) is 19.3 Å². The molecule has 0 aromatic carbocycles. The molecule has 1 heterocycles. The molecule has 0 aliphatic carbocycles. The van der Waals surface area contributed by atoms with Crippen molar-refractivity contribution in [1.29, 1.82) is 0 Å². The summed E-state index contributed by atoms with van der Waals surface area (Å²) in [5, 5.41) is 13.6. The molecule has 0 spiro atoms. The first-order chi connectivity index (χ1) is 10.1. The Labute approximate surface area is 128 Å². The molecule has 126 valence electrons. The number of aliphatic carboxylic acids is 1. The monoisotopic (exact) mass is 335 g/mol. The summed E-state index contributed by atoms with van der Waals surface area (Å²) in [6.07, 6.45) is 0.710. The number of carboxylic acids is 1. The van der Waals surface area contributed by atoms with Crippen molar-refractivity contribution in [2.75, 3.05) is 18.8 Å². The number of amides is 1. The smallest absolute Gasteiger partial charge is 0.320 e. The summed E-state index contributed by atoms with van der Waals surface area (Å²) in [4.78, 5) is 27.5. The molecule has 1 fully saturated rings. The van der Waals surface area contributed by atoms with Crippen LogP contribution in [0.2, 0.25) is 0 Å². The summed E-state index contributed by atoms with van der Waals surface area (Å²) >= 11 is 0. The summed E-state index contributed by atoms with van der Waals surface area (Å²) in [6, 6.07) is -0.955. The number of aliphatic imine (C=N–C) groups is 1. The SMILES string of the molecule is NC(=NCCC[C@H](N)C(=O)O)N1CC(CS(N)(=O)=O)CC1=O. The molecule has 1 aliphatic rings. The van der Waals surface area contributed by atoms with Crippen molar-refractivity contribution in [3.8, 4) is 0 Å². The van der Waals surface area contributed by atoms with E-state index < -0.39 is 28.0 Å². The normalized spacial score (nSPS) is 21.2. The molecule has 1 saturated heterocycles.